The van der Waals surface area contributed by atoms with Gasteiger partial charge in [0.2, 0.25) is 5.91 Å². The highest BCUT2D eigenvalue weighted by Gasteiger charge is 2.62. The molecule has 1 saturated carbocycles. The van der Waals surface area contributed by atoms with Gasteiger partial charge in [-0.1, -0.05) is 43.3 Å². The van der Waals surface area contributed by atoms with Crippen molar-refractivity contribution in [1.29, 1.82) is 0 Å². The molecule has 5 heteroatoms. The van der Waals surface area contributed by atoms with E-state index in [0.29, 0.717) is 19.8 Å². The van der Waals surface area contributed by atoms with Crippen molar-refractivity contribution >= 4 is 5.91 Å². The van der Waals surface area contributed by atoms with Gasteiger partial charge < -0.3 is 14.4 Å². The average molecular weight is 392 g/mol. The summed E-state index contributed by atoms with van der Waals surface area (Å²) in [6.07, 6.45) is 4.25. The van der Waals surface area contributed by atoms with Gasteiger partial charge in [-0.2, -0.15) is 0 Å². The fourth-order valence-corrected chi connectivity index (χ4v) is 5.89. The Morgan fingerprint density at radius 1 is 1.07 bits per heavy atom. The molecule has 152 valence electrons. The third-order valence-electron chi connectivity index (χ3n) is 7.32. The maximum atomic E-state index is 14.1. The Balaban J connectivity index is 1.53. The van der Waals surface area contributed by atoms with Gasteiger partial charge in [0, 0.05) is 25.1 Å². The third kappa shape index (κ3) is 2.90. The van der Waals surface area contributed by atoms with Crippen molar-refractivity contribution in [2.75, 3.05) is 19.8 Å². The van der Waals surface area contributed by atoms with Crippen molar-refractivity contribution in [3.8, 4) is 0 Å². The van der Waals surface area contributed by atoms with E-state index in [1.807, 2.05) is 41.3 Å². The normalized spacial score (nSPS) is 31.1. The first kappa shape index (κ1) is 18.8. The second kappa shape index (κ2) is 7.22. The molecule has 5 nitrogen and oxygen atoms in total. The average Bonchev–Trinajstić information content (AvgIpc) is 3.24. The molecule has 3 aliphatic rings. The van der Waals surface area contributed by atoms with Crippen LogP contribution in [0.25, 0.3) is 0 Å². The maximum absolute atomic E-state index is 14.1. The van der Waals surface area contributed by atoms with Crippen LogP contribution in [0.2, 0.25) is 0 Å². The van der Waals surface area contributed by atoms with Crippen LogP contribution in [0.1, 0.15) is 37.4 Å². The number of piperidine rings is 1. The summed E-state index contributed by atoms with van der Waals surface area (Å²) in [7, 11) is 0. The molecule has 1 aromatic carbocycles. The van der Waals surface area contributed by atoms with Crippen LogP contribution >= 0.6 is 0 Å². The van der Waals surface area contributed by atoms with Gasteiger partial charge in [0.15, 0.2) is 5.79 Å². The van der Waals surface area contributed by atoms with Crippen LogP contribution in [0.4, 0.5) is 0 Å². The van der Waals surface area contributed by atoms with Crippen LogP contribution in [0.15, 0.2) is 54.7 Å². The second-order valence-electron chi connectivity index (χ2n) is 8.58. The van der Waals surface area contributed by atoms with E-state index >= 15 is 0 Å². The van der Waals surface area contributed by atoms with Crippen LogP contribution in [0.5, 0.6) is 0 Å². The molecule has 3 heterocycles. The minimum atomic E-state index is -0.521. The first-order valence-corrected chi connectivity index (χ1v) is 10.7. The number of aromatic nitrogens is 1. The predicted molar refractivity (Wildman–Crippen MR) is 109 cm³/mol. The standard InChI is InChI=1S/C24H28N2O3/c1-18-21-10-14-26(17-20-9-5-6-13-25-20)22(27)23(21,19-7-3-2-4-8-19)11-12-24(18)28-15-16-29-24/h2-9,13,18,21H,10-12,14-17H2,1H3/t18-,21-,23?/m0/s1. The summed E-state index contributed by atoms with van der Waals surface area (Å²) in [4.78, 5) is 20.5. The smallest absolute Gasteiger partial charge is 0.233 e. The van der Waals surface area contributed by atoms with E-state index in [0.717, 1.165) is 37.1 Å². The number of benzene rings is 1. The zero-order valence-electron chi connectivity index (χ0n) is 16.9. The predicted octanol–water partition coefficient (Wildman–Crippen LogP) is 3.54. The van der Waals surface area contributed by atoms with Crippen molar-refractivity contribution < 1.29 is 14.3 Å². The van der Waals surface area contributed by atoms with Gasteiger partial charge in [0.1, 0.15) is 0 Å². The maximum Gasteiger partial charge on any atom is 0.233 e. The molecule has 29 heavy (non-hydrogen) atoms. The van der Waals surface area contributed by atoms with E-state index in [-0.39, 0.29) is 17.7 Å². The zero-order chi connectivity index (χ0) is 19.9. The summed E-state index contributed by atoms with van der Waals surface area (Å²) >= 11 is 0. The SMILES string of the molecule is C[C@H]1[C@@H]2CCN(Cc3ccccn3)C(=O)C2(c2ccccc2)CCC12OCCO2. The molecule has 2 aromatic rings. The van der Waals surface area contributed by atoms with E-state index in [1.165, 1.54) is 0 Å². The first-order chi connectivity index (χ1) is 14.2. The summed E-state index contributed by atoms with van der Waals surface area (Å²) in [5.41, 5.74) is 1.54. The lowest BCUT2D eigenvalue weighted by Gasteiger charge is -2.56. The number of nitrogens with zero attached hydrogens (tertiary/aromatic N) is 2. The molecule has 1 amide bonds. The highest BCUT2D eigenvalue weighted by Crippen LogP contribution is 2.56. The summed E-state index contributed by atoms with van der Waals surface area (Å²) in [5, 5.41) is 0. The Bertz CT molecular complexity index is 866. The Kier molecular flexibility index (Phi) is 4.67. The summed E-state index contributed by atoms with van der Waals surface area (Å²) in [6, 6.07) is 16.2. The van der Waals surface area contributed by atoms with Crippen LogP contribution in [-0.4, -0.2) is 41.3 Å². The highest BCUT2D eigenvalue weighted by atomic mass is 16.7. The molecule has 2 aliphatic heterocycles. The second-order valence-corrected chi connectivity index (χ2v) is 8.58. The quantitative estimate of drug-likeness (QED) is 0.802. The van der Waals surface area contributed by atoms with Crippen LogP contribution in [-0.2, 0) is 26.2 Å². The number of rotatable bonds is 3. The zero-order valence-corrected chi connectivity index (χ0v) is 16.9. The Labute approximate surface area is 172 Å². The van der Waals surface area contributed by atoms with Crippen molar-refractivity contribution in [3.05, 3.63) is 66.0 Å². The monoisotopic (exact) mass is 392 g/mol. The molecule has 0 radical (unpaired) electrons. The highest BCUT2D eigenvalue weighted by molar-refractivity contribution is 5.90. The number of hydrogen-bond acceptors (Lipinski definition) is 4. The fraction of sp³-hybridized carbons (Fsp3) is 0.500. The largest absolute Gasteiger partial charge is 0.347 e. The molecule has 3 atom stereocenters. The van der Waals surface area contributed by atoms with Gasteiger partial charge in [-0.15, -0.1) is 0 Å². The minimum Gasteiger partial charge on any atom is -0.347 e. The summed E-state index contributed by atoms with van der Waals surface area (Å²) < 4.78 is 12.2. The summed E-state index contributed by atoms with van der Waals surface area (Å²) in [6.45, 7) is 4.82. The number of fused-ring (bicyclic) bond motifs is 1. The van der Waals surface area contributed by atoms with Crippen LogP contribution < -0.4 is 0 Å². The molecule has 0 bridgehead atoms. The van der Waals surface area contributed by atoms with Gasteiger partial charge in [-0.25, -0.2) is 0 Å². The number of pyridine rings is 1. The van der Waals surface area contributed by atoms with E-state index in [9.17, 15) is 4.79 Å². The molecular weight excluding hydrogens is 364 g/mol. The number of amides is 1. The van der Waals surface area contributed by atoms with Crippen molar-refractivity contribution in [1.82, 2.24) is 9.88 Å². The lowest BCUT2D eigenvalue weighted by molar-refractivity contribution is -0.238. The molecule has 1 aliphatic carbocycles. The van der Waals surface area contributed by atoms with E-state index < -0.39 is 11.2 Å². The van der Waals surface area contributed by atoms with Gasteiger partial charge in [0.05, 0.1) is 30.9 Å². The molecule has 0 N–H and O–H groups in total. The van der Waals surface area contributed by atoms with Crippen molar-refractivity contribution in [2.24, 2.45) is 11.8 Å². The number of carbonyl (C=O) groups excluding carboxylic acids is 1. The van der Waals surface area contributed by atoms with Gasteiger partial charge >= 0.3 is 0 Å². The van der Waals surface area contributed by atoms with E-state index in [2.05, 4.69) is 24.0 Å². The number of ether oxygens (including phenoxy) is 2. The first-order valence-electron chi connectivity index (χ1n) is 10.7. The van der Waals surface area contributed by atoms with E-state index in [4.69, 9.17) is 9.47 Å². The number of hydrogen-bond donors (Lipinski definition) is 0. The van der Waals surface area contributed by atoms with Crippen molar-refractivity contribution in [2.45, 2.75) is 43.9 Å². The third-order valence-corrected chi connectivity index (χ3v) is 7.32. The molecule has 2 saturated heterocycles. The lowest BCUT2D eigenvalue weighted by atomic mass is 9.54. The molecule has 1 aromatic heterocycles. The molecule has 5 rings (SSSR count). The molecule has 1 spiro atoms. The topological polar surface area (TPSA) is 51.7 Å². The Morgan fingerprint density at radius 3 is 2.55 bits per heavy atom. The van der Waals surface area contributed by atoms with Gasteiger partial charge in [0.25, 0.3) is 0 Å². The summed E-state index contributed by atoms with van der Waals surface area (Å²) in [5.74, 6) is 0.0706. The Morgan fingerprint density at radius 2 is 1.83 bits per heavy atom. The minimum absolute atomic E-state index is 0.167. The van der Waals surface area contributed by atoms with Gasteiger partial charge in [-0.3, -0.25) is 9.78 Å². The Hall–Kier alpha value is -2.24. The molecule has 3 fully saturated rings. The molecule has 1 unspecified atom stereocenters. The molecular formula is C24H28N2O3. The van der Waals surface area contributed by atoms with Crippen LogP contribution in [0.3, 0.4) is 0 Å². The van der Waals surface area contributed by atoms with Gasteiger partial charge in [-0.05, 0) is 36.5 Å². The number of likely N-dealkylation sites (tertiary alicyclic amines) is 1. The van der Waals surface area contributed by atoms with Crippen molar-refractivity contribution in [3.63, 3.8) is 0 Å². The lowest BCUT2D eigenvalue weighted by Crippen LogP contribution is -2.64. The number of carbonyl (C=O) groups is 1. The fourth-order valence-electron chi connectivity index (χ4n) is 5.89. The van der Waals surface area contributed by atoms with Crippen LogP contribution in [0, 0.1) is 11.8 Å². The van der Waals surface area contributed by atoms with E-state index in [1.54, 1.807) is 6.20 Å².